The molecular weight excluding hydrogens is 372 g/mol. The Morgan fingerprint density at radius 3 is 2.19 bits per heavy atom. The van der Waals surface area contributed by atoms with Crippen LogP contribution in [-0.2, 0) is 35.4 Å². The number of ether oxygens (including phenoxy) is 2. The molecule has 0 atom stereocenters. The monoisotopic (exact) mass is 394 g/mol. The third-order valence-electron chi connectivity index (χ3n) is 4.30. The molecule has 3 rings (SSSR count). The van der Waals surface area contributed by atoms with Crippen LogP contribution < -0.4 is 5.32 Å². The maximum atomic E-state index is 11.9. The highest BCUT2D eigenvalue weighted by atomic mass is 32.2. The van der Waals surface area contributed by atoms with Crippen molar-refractivity contribution in [1.82, 2.24) is 4.90 Å². The van der Waals surface area contributed by atoms with Crippen molar-refractivity contribution in [2.45, 2.75) is 26.2 Å². The Morgan fingerprint density at radius 1 is 1.07 bits per heavy atom. The van der Waals surface area contributed by atoms with Crippen LogP contribution in [-0.4, -0.2) is 55.6 Å². The molecule has 2 aliphatic rings. The molecule has 0 bridgehead atoms. The van der Waals surface area contributed by atoms with Crippen molar-refractivity contribution >= 4 is 27.5 Å². The molecule has 146 valence electrons. The van der Waals surface area contributed by atoms with Gasteiger partial charge in [-0.2, -0.15) is 0 Å². The van der Waals surface area contributed by atoms with Crippen LogP contribution in [0.4, 0.5) is 5.69 Å². The van der Waals surface area contributed by atoms with Crippen LogP contribution in [0.25, 0.3) is 0 Å². The van der Waals surface area contributed by atoms with Gasteiger partial charge in [0.2, 0.25) is 0 Å². The first kappa shape index (κ1) is 19.4. The number of nitrogens with one attached hydrogen (secondary N) is 1. The lowest BCUT2D eigenvalue weighted by Crippen LogP contribution is -2.42. The van der Waals surface area contributed by atoms with Crippen LogP contribution in [0.1, 0.15) is 19.4 Å². The molecule has 2 saturated heterocycles. The molecular formula is C18H22N2O6S. The third kappa shape index (κ3) is 5.08. The lowest BCUT2D eigenvalue weighted by molar-refractivity contribution is -0.222. The van der Waals surface area contributed by atoms with E-state index in [1.165, 1.54) is 20.0 Å². The number of hydrogen-bond donors (Lipinski definition) is 1. The quantitative estimate of drug-likeness (QED) is 0.459. The lowest BCUT2D eigenvalue weighted by Gasteiger charge is -2.29. The molecule has 1 aromatic rings. The van der Waals surface area contributed by atoms with Crippen molar-refractivity contribution in [1.29, 1.82) is 0 Å². The molecule has 0 spiro atoms. The molecule has 1 aromatic carbocycles. The summed E-state index contributed by atoms with van der Waals surface area (Å²) in [6.45, 7) is 4.72. The number of carbonyl (C=O) groups is 2. The molecule has 0 radical (unpaired) electrons. The Kier molecular flexibility index (Phi) is 5.25. The summed E-state index contributed by atoms with van der Waals surface area (Å²) >= 11 is 0. The highest BCUT2D eigenvalue weighted by molar-refractivity contribution is 7.91. The predicted molar refractivity (Wildman–Crippen MR) is 98.3 cm³/mol. The van der Waals surface area contributed by atoms with E-state index in [2.05, 4.69) is 10.2 Å². The second kappa shape index (κ2) is 7.32. The van der Waals surface area contributed by atoms with E-state index >= 15 is 0 Å². The minimum Gasteiger partial charge on any atom is -0.419 e. The molecule has 0 aromatic heterocycles. The number of rotatable bonds is 4. The van der Waals surface area contributed by atoms with Gasteiger partial charge < -0.3 is 14.8 Å². The van der Waals surface area contributed by atoms with Crippen LogP contribution in [0.3, 0.4) is 0 Å². The largest absolute Gasteiger partial charge is 0.419 e. The zero-order valence-electron chi connectivity index (χ0n) is 15.2. The topological polar surface area (TPSA) is 102 Å². The van der Waals surface area contributed by atoms with Gasteiger partial charge in [0.15, 0.2) is 15.4 Å². The fraction of sp³-hybridized carbons (Fsp3) is 0.444. The van der Waals surface area contributed by atoms with Gasteiger partial charge in [-0.3, -0.25) is 4.90 Å². The van der Waals surface area contributed by atoms with E-state index in [9.17, 15) is 18.0 Å². The highest BCUT2D eigenvalue weighted by Crippen LogP contribution is 2.23. The van der Waals surface area contributed by atoms with E-state index in [-0.39, 0.29) is 17.1 Å². The van der Waals surface area contributed by atoms with Crippen molar-refractivity contribution in [3.8, 4) is 0 Å². The van der Waals surface area contributed by atoms with Crippen LogP contribution in [0, 0.1) is 0 Å². The van der Waals surface area contributed by atoms with Crippen LogP contribution in [0.5, 0.6) is 0 Å². The summed E-state index contributed by atoms with van der Waals surface area (Å²) in [5, 5.41) is 2.89. The smallest absolute Gasteiger partial charge is 0.350 e. The summed E-state index contributed by atoms with van der Waals surface area (Å²) in [6, 6.07) is 7.45. The number of cyclic esters (lactones) is 2. The zero-order chi connectivity index (χ0) is 19.7. The van der Waals surface area contributed by atoms with Crippen molar-refractivity contribution in [3.05, 3.63) is 41.6 Å². The van der Waals surface area contributed by atoms with Gasteiger partial charge in [-0.1, -0.05) is 12.1 Å². The van der Waals surface area contributed by atoms with Gasteiger partial charge in [0.05, 0.1) is 11.5 Å². The fourth-order valence-electron chi connectivity index (χ4n) is 2.81. The Hall–Kier alpha value is -2.39. The first-order valence-electron chi connectivity index (χ1n) is 8.59. The van der Waals surface area contributed by atoms with Crippen LogP contribution in [0.15, 0.2) is 36.0 Å². The molecule has 9 heteroatoms. The number of anilines is 1. The first-order valence-corrected chi connectivity index (χ1v) is 10.4. The number of sulfone groups is 1. The van der Waals surface area contributed by atoms with E-state index < -0.39 is 27.6 Å². The lowest BCUT2D eigenvalue weighted by atomic mass is 10.2. The standard InChI is InChI=1S/C18H22N2O6S/c1-18(2)25-16(21)15(17(22)26-18)11-19-14-5-3-13(4-6-14)12-20-7-9-27(23,24)10-8-20/h3-6,11,19H,7-10,12H2,1-2H3. The van der Waals surface area contributed by atoms with Crippen LogP contribution in [0.2, 0.25) is 0 Å². The normalized spacial score (nSPS) is 21.9. The van der Waals surface area contributed by atoms with Gasteiger partial charge in [0.25, 0.3) is 5.79 Å². The summed E-state index contributed by atoms with van der Waals surface area (Å²) in [4.78, 5) is 25.9. The van der Waals surface area contributed by atoms with E-state index in [1.54, 1.807) is 0 Å². The molecule has 8 nitrogen and oxygen atoms in total. The molecule has 2 heterocycles. The van der Waals surface area contributed by atoms with Crippen molar-refractivity contribution in [2.24, 2.45) is 0 Å². The Bertz CT molecular complexity index is 838. The van der Waals surface area contributed by atoms with E-state index in [1.807, 2.05) is 24.3 Å². The highest BCUT2D eigenvalue weighted by Gasteiger charge is 2.38. The first-order chi connectivity index (χ1) is 12.6. The van der Waals surface area contributed by atoms with E-state index in [4.69, 9.17) is 9.47 Å². The van der Waals surface area contributed by atoms with Crippen molar-refractivity contribution in [3.63, 3.8) is 0 Å². The Balaban J connectivity index is 1.58. The molecule has 0 amide bonds. The number of esters is 2. The number of benzene rings is 1. The van der Waals surface area contributed by atoms with E-state index in [0.29, 0.717) is 25.3 Å². The molecule has 2 fully saturated rings. The minimum atomic E-state index is -2.88. The zero-order valence-corrected chi connectivity index (χ0v) is 16.0. The summed E-state index contributed by atoms with van der Waals surface area (Å²) in [5.74, 6) is -2.34. The van der Waals surface area contributed by atoms with Crippen molar-refractivity contribution < 1.29 is 27.5 Å². The second-order valence-corrected chi connectivity index (χ2v) is 9.31. The average molecular weight is 394 g/mol. The van der Waals surface area contributed by atoms with Gasteiger partial charge in [0, 0.05) is 45.4 Å². The number of hydrogen-bond acceptors (Lipinski definition) is 8. The van der Waals surface area contributed by atoms with E-state index in [0.717, 1.165) is 5.56 Å². The maximum Gasteiger partial charge on any atom is 0.350 e. The minimum absolute atomic E-state index is 0.198. The molecule has 0 saturated carbocycles. The fourth-order valence-corrected chi connectivity index (χ4v) is 4.08. The van der Waals surface area contributed by atoms with Crippen molar-refractivity contribution in [2.75, 3.05) is 29.9 Å². The molecule has 0 unspecified atom stereocenters. The average Bonchev–Trinajstić information content (AvgIpc) is 2.56. The molecule has 2 aliphatic heterocycles. The van der Waals surface area contributed by atoms with Gasteiger partial charge in [-0.25, -0.2) is 18.0 Å². The van der Waals surface area contributed by atoms with Gasteiger partial charge in [0.1, 0.15) is 0 Å². The summed E-state index contributed by atoms with van der Waals surface area (Å²) < 4.78 is 33.0. The van der Waals surface area contributed by atoms with Gasteiger partial charge in [-0.15, -0.1) is 0 Å². The SMILES string of the molecule is CC1(C)OC(=O)C(=CNc2ccc(CN3CCS(=O)(=O)CC3)cc2)C(=O)O1. The second-order valence-electron chi connectivity index (χ2n) is 7.01. The Morgan fingerprint density at radius 2 is 1.63 bits per heavy atom. The van der Waals surface area contributed by atoms with Gasteiger partial charge >= 0.3 is 11.9 Å². The molecule has 1 N–H and O–H groups in total. The summed E-state index contributed by atoms with van der Waals surface area (Å²) in [5.41, 5.74) is 1.54. The van der Waals surface area contributed by atoms with Gasteiger partial charge in [-0.05, 0) is 17.7 Å². The third-order valence-corrected chi connectivity index (χ3v) is 5.91. The number of carbonyl (C=O) groups excluding carboxylic acids is 2. The predicted octanol–water partition coefficient (Wildman–Crippen LogP) is 1.05. The Labute approximate surface area is 158 Å². The van der Waals surface area contributed by atoms with Crippen LogP contribution >= 0.6 is 0 Å². The molecule has 27 heavy (non-hydrogen) atoms. The number of nitrogens with zero attached hydrogens (tertiary/aromatic N) is 1. The summed E-state index contributed by atoms with van der Waals surface area (Å²) in [7, 11) is -2.88. The molecule has 0 aliphatic carbocycles. The maximum absolute atomic E-state index is 11.9. The summed E-state index contributed by atoms with van der Waals surface area (Å²) in [6.07, 6.45) is 1.27.